The second-order valence-corrected chi connectivity index (χ2v) is 5.59. The molecule has 0 radical (unpaired) electrons. The van der Waals surface area contributed by atoms with Gasteiger partial charge in [-0.15, -0.1) is 0 Å². The van der Waals surface area contributed by atoms with Crippen molar-refractivity contribution in [3.8, 4) is 11.8 Å². The predicted octanol–water partition coefficient (Wildman–Crippen LogP) is 2.71. The highest BCUT2D eigenvalue weighted by molar-refractivity contribution is 5.95. The summed E-state index contributed by atoms with van der Waals surface area (Å²) in [5.41, 5.74) is 8.15. The quantitative estimate of drug-likeness (QED) is 0.849. The first kappa shape index (κ1) is 15.6. The number of nitrogens with two attached hydrogens (primary N) is 1. The summed E-state index contributed by atoms with van der Waals surface area (Å²) in [5.74, 6) is 6.05. The van der Waals surface area contributed by atoms with E-state index in [9.17, 15) is 4.79 Å². The molecular formula is C18H24N2O. The van der Waals surface area contributed by atoms with Crippen LogP contribution in [-0.2, 0) is 0 Å². The van der Waals surface area contributed by atoms with Gasteiger partial charge in [0, 0.05) is 23.7 Å². The lowest BCUT2D eigenvalue weighted by atomic mass is 9.98. The number of amides is 1. The average molecular weight is 284 g/mol. The zero-order valence-electron chi connectivity index (χ0n) is 13.0. The van der Waals surface area contributed by atoms with Crippen molar-refractivity contribution >= 4 is 5.91 Å². The van der Waals surface area contributed by atoms with Crippen LogP contribution in [0.1, 0.15) is 54.1 Å². The SMILES string of the molecule is CCC1CCCCN1C(=O)c1ccc(C)c(C#CCN)c1. The van der Waals surface area contributed by atoms with Crippen molar-refractivity contribution in [3.63, 3.8) is 0 Å². The van der Waals surface area contributed by atoms with E-state index in [1.165, 1.54) is 6.42 Å². The summed E-state index contributed by atoms with van der Waals surface area (Å²) in [7, 11) is 0. The third-order valence-electron chi connectivity index (χ3n) is 4.17. The van der Waals surface area contributed by atoms with Crippen LogP contribution in [0.2, 0.25) is 0 Å². The predicted molar refractivity (Wildman–Crippen MR) is 86.1 cm³/mol. The van der Waals surface area contributed by atoms with Gasteiger partial charge in [0.15, 0.2) is 0 Å². The summed E-state index contributed by atoms with van der Waals surface area (Å²) >= 11 is 0. The number of aryl methyl sites for hydroxylation is 1. The number of piperidine rings is 1. The Kier molecular flexibility index (Phi) is 5.41. The summed E-state index contributed by atoms with van der Waals surface area (Å²) in [4.78, 5) is 14.8. The Balaban J connectivity index is 2.26. The minimum Gasteiger partial charge on any atom is -0.336 e. The molecule has 3 heteroatoms. The number of nitrogens with zero attached hydrogens (tertiary/aromatic N) is 1. The molecule has 2 N–H and O–H groups in total. The van der Waals surface area contributed by atoms with Gasteiger partial charge in [-0.1, -0.05) is 24.8 Å². The lowest BCUT2D eigenvalue weighted by Gasteiger charge is -2.35. The molecule has 0 saturated carbocycles. The van der Waals surface area contributed by atoms with Crippen LogP contribution in [0, 0.1) is 18.8 Å². The van der Waals surface area contributed by atoms with Gasteiger partial charge in [-0.25, -0.2) is 0 Å². The van der Waals surface area contributed by atoms with Crippen molar-refractivity contribution in [2.45, 2.75) is 45.6 Å². The molecule has 1 atom stereocenters. The Bertz CT molecular complexity index is 568. The van der Waals surface area contributed by atoms with Gasteiger partial charge in [-0.2, -0.15) is 0 Å². The van der Waals surface area contributed by atoms with E-state index in [2.05, 4.69) is 18.8 Å². The van der Waals surface area contributed by atoms with Crippen molar-refractivity contribution in [2.75, 3.05) is 13.1 Å². The number of likely N-dealkylation sites (tertiary alicyclic amines) is 1. The molecule has 1 aliphatic rings. The van der Waals surface area contributed by atoms with E-state index in [0.717, 1.165) is 42.5 Å². The molecule has 0 bridgehead atoms. The van der Waals surface area contributed by atoms with E-state index >= 15 is 0 Å². The van der Waals surface area contributed by atoms with Crippen LogP contribution >= 0.6 is 0 Å². The molecule has 21 heavy (non-hydrogen) atoms. The lowest BCUT2D eigenvalue weighted by molar-refractivity contribution is 0.0608. The molecule has 3 nitrogen and oxygen atoms in total. The van der Waals surface area contributed by atoms with Crippen molar-refractivity contribution < 1.29 is 4.79 Å². The number of rotatable bonds is 2. The molecule has 0 aromatic heterocycles. The monoisotopic (exact) mass is 284 g/mol. The van der Waals surface area contributed by atoms with Crippen LogP contribution in [0.15, 0.2) is 18.2 Å². The molecule has 1 aromatic rings. The topological polar surface area (TPSA) is 46.3 Å². The Labute approximate surface area is 127 Å². The van der Waals surface area contributed by atoms with Gasteiger partial charge in [0.25, 0.3) is 5.91 Å². The van der Waals surface area contributed by atoms with Crippen molar-refractivity contribution in [2.24, 2.45) is 5.73 Å². The molecular weight excluding hydrogens is 260 g/mol. The highest BCUT2D eigenvalue weighted by Crippen LogP contribution is 2.22. The van der Waals surface area contributed by atoms with Gasteiger partial charge in [-0.05, 0) is 50.3 Å². The van der Waals surface area contributed by atoms with Gasteiger partial charge in [-0.3, -0.25) is 4.79 Å². The average Bonchev–Trinajstić information content (AvgIpc) is 2.53. The van der Waals surface area contributed by atoms with E-state index in [-0.39, 0.29) is 5.91 Å². The minimum absolute atomic E-state index is 0.136. The van der Waals surface area contributed by atoms with E-state index in [4.69, 9.17) is 5.73 Å². The smallest absolute Gasteiger partial charge is 0.254 e. The summed E-state index contributed by atoms with van der Waals surface area (Å²) in [6.45, 7) is 5.37. The Morgan fingerprint density at radius 2 is 2.24 bits per heavy atom. The fourth-order valence-corrected chi connectivity index (χ4v) is 2.89. The molecule has 2 rings (SSSR count). The first-order chi connectivity index (χ1) is 10.2. The lowest BCUT2D eigenvalue weighted by Crippen LogP contribution is -2.43. The van der Waals surface area contributed by atoms with Crippen LogP contribution in [-0.4, -0.2) is 29.9 Å². The highest BCUT2D eigenvalue weighted by Gasteiger charge is 2.26. The molecule has 0 aliphatic carbocycles. The van der Waals surface area contributed by atoms with Crippen molar-refractivity contribution in [1.29, 1.82) is 0 Å². The maximum Gasteiger partial charge on any atom is 0.254 e. The maximum absolute atomic E-state index is 12.8. The first-order valence-electron chi connectivity index (χ1n) is 7.78. The minimum atomic E-state index is 0.136. The van der Waals surface area contributed by atoms with E-state index in [0.29, 0.717) is 12.6 Å². The number of hydrogen-bond acceptors (Lipinski definition) is 2. The zero-order valence-corrected chi connectivity index (χ0v) is 13.0. The van der Waals surface area contributed by atoms with Gasteiger partial charge in [0.1, 0.15) is 0 Å². The Morgan fingerprint density at radius 3 is 2.95 bits per heavy atom. The largest absolute Gasteiger partial charge is 0.336 e. The Hall–Kier alpha value is -1.79. The van der Waals surface area contributed by atoms with Gasteiger partial charge in [0.05, 0.1) is 6.54 Å². The molecule has 112 valence electrons. The summed E-state index contributed by atoms with van der Waals surface area (Å²) in [6, 6.07) is 6.17. The molecule has 1 fully saturated rings. The van der Waals surface area contributed by atoms with Crippen LogP contribution < -0.4 is 5.73 Å². The number of hydrogen-bond donors (Lipinski definition) is 1. The molecule has 1 heterocycles. The first-order valence-corrected chi connectivity index (χ1v) is 7.78. The van der Waals surface area contributed by atoms with Gasteiger partial charge < -0.3 is 10.6 Å². The molecule has 1 aliphatic heterocycles. The maximum atomic E-state index is 12.8. The molecule has 1 saturated heterocycles. The number of carbonyl (C=O) groups is 1. The van der Waals surface area contributed by atoms with E-state index < -0.39 is 0 Å². The third-order valence-corrected chi connectivity index (χ3v) is 4.17. The molecule has 1 amide bonds. The zero-order chi connectivity index (χ0) is 15.2. The fourth-order valence-electron chi connectivity index (χ4n) is 2.89. The van der Waals surface area contributed by atoms with E-state index in [1.54, 1.807) is 0 Å². The Morgan fingerprint density at radius 1 is 1.43 bits per heavy atom. The van der Waals surface area contributed by atoms with Crippen LogP contribution in [0.3, 0.4) is 0 Å². The van der Waals surface area contributed by atoms with Crippen molar-refractivity contribution in [1.82, 2.24) is 4.90 Å². The second-order valence-electron chi connectivity index (χ2n) is 5.59. The molecule has 1 aromatic carbocycles. The van der Waals surface area contributed by atoms with Crippen molar-refractivity contribution in [3.05, 3.63) is 34.9 Å². The van der Waals surface area contributed by atoms with Gasteiger partial charge >= 0.3 is 0 Å². The van der Waals surface area contributed by atoms with Crippen LogP contribution in [0.5, 0.6) is 0 Å². The fraction of sp³-hybridized carbons (Fsp3) is 0.500. The summed E-state index contributed by atoms with van der Waals surface area (Å²) in [5, 5.41) is 0. The molecule has 1 unspecified atom stereocenters. The second kappa shape index (κ2) is 7.28. The van der Waals surface area contributed by atoms with E-state index in [1.807, 2.05) is 30.0 Å². The summed E-state index contributed by atoms with van der Waals surface area (Å²) < 4.78 is 0. The normalized spacial score (nSPS) is 18.0. The van der Waals surface area contributed by atoms with Crippen LogP contribution in [0.25, 0.3) is 0 Å². The van der Waals surface area contributed by atoms with Crippen LogP contribution in [0.4, 0.5) is 0 Å². The third kappa shape index (κ3) is 3.65. The number of benzene rings is 1. The summed E-state index contributed by atoms with van der Waals surface area (Å²) in [6.07, 6.45) is 4.47. The highest BCUT2D eigenvalue weighted by atomic mass is 16.2. The van der Waals surface area contributed by atoms with Gasteiger partial charge in [0.2, 0.25) is 0 Å². The number of carbonyl (C=O) groups excluding carboxylic acids is 1. The molecule has 0 spiro atoms. The standard InChI is InChI=1S/C18H24N2O/c1-3-17-8-4-5-12-20(17)18(21)16-10-9-14(2)15(13-16)7-6-11-19/h9-10,13,17H,3-5,8,11-12,19H2,1-2H3.